The molecular weight excluding hydrogens is 214 g/mol. The van der Waals surface area contributed by atoms with Gasteiger partial charge in [-0.1, -0.05) is 19.1 Å². The first-order valence-electron chi connectivity index (χ1n) is 5.76. The number of nitrogens with two attached hydrogens (primary N) is 1. The van der Waals surface area contributed by atoms with Crippen molar-refractivity contribution in [2.75, 3.05) is 11.9 Å². The Bertz CT molecular complexity index is 499. The monoisotopic (exact) mass is 231 g/mol. The highest BCUT2D eigenvalue weighted by Crippen LogP contribution is 2.11. The van der Waals surface area contributed by atoms with Crippen LogP contribution >= 0.6 is 0 Å². The number of rotatable bonds is 4. The minimum Gasteiger partial charge on any atom is -0.350 e. The Labute approximate surface area is 100 Å². The SMILES string of the molecule is CC(CN)C(C)Nc1nnc2ccccc2n1. The number of para-hydroxylation sites is 1. The lowest BCUT2D eigenvalue weighted by molar-refractivity contribution is 0.518. The van der Waals surface area contributed by atoms with Gasteiger partial charge in [-0.3, -0.25) is 0 Å². The normalized spacial score (nSPS) is 14.5. The van der Waals surface area contributed by atoms with E-state index in [1.54, 1.807) is 0 Å². The molecule has 0 saturated carbocycles. The maximum Gasteiger partial charge on any atom is 0.243 e. The molecule has 17 heavy (non-hydrogen) atoms. The van der Waals surface area contributed by atoms with Crippen molar-refractivity contribution in [1.82, 2.24) is 15.2 Å². The molecular formula is C12H17N5. The van der Waals surface area contributed by atoms with E-state index in [0.717, 1.165) is 11.0 Å². The molecule has 90 valence electrons. The molecule has 2 aromatic rings. The van der Waals surface area contributed by atoms with Gasteiger partial charge in [0.15, 0.2) is 0 Å². The van der Waals surface area contributed by atoms with Crippen LogP contribution in [0.1, 0.15) is 13.8 Å². The fourth-order valence-electron chi connectivity index (χ4n) is 1.49. The van der Waals surface area contributed by atoms with Crippen LogP contribution in [0.4, 0.5) is 5.95 Å². The zero-order valence-electron chi connectivity index (χ0n) is 10.1. The minimum atomic E-state index is 0.225. The van der Waals surface area contributed by atoms with Gasteiger partial charge in [-0.15, -0.1) is 10.2 Å². The number of hydrogen-bond acceptors (Lipinski definition) is 5. The van der Waals surface area contributed by atoms with Crippen LogP contribution < -0.4 is 11.1 Å². The Morgan fingerprint density at radius 2 is 1.88 bits per heavy atom. The predicted octanol–water partition coefficient (Wildman–Crippen LogP) is 1.42. The molecule has 0 aliphatic rings. The molecule has 0 bridgehead atoms. The molecule has 0 aliphatic heterocycles. The summed E-state index contributed by atoms with van der Waals surface area (Å²) in [5.74, 6) is 0.918. The van der Waals surface area contributed by atoms with E-state index in [-0.39, 0.29) is 6.04 Å². The fraction of sp³-hybridized carbons (Fsp3) is 0.417. The van der Waals surface area contributed by atoms with Crippen LogP contribution in [0.15, 0.2) is 24.3 Å². The van der Waals surface area contributed by atoms with Crippen molar-refractivity contribution in [3.8, 4) is 0 Å². The quantitative estimate of drug-likeness (QED) is 0.832. The molecule has 0 saturated heterocycles. The number of nitrogens with one attached hydrogen (secondary N) is 1. The minimum absolute atomic E-state index is 0.225. The van der Waals surface area contributed by atoms with Crippen molar-refractivity contribution < 1.29 is 0 Å². The van der Waals surface area contributed by atoms with Gasteiger partial charge in [-0.2, -0.15) is 0 Å². The lowest BCUT2D eigenvalue weighted by atomic mass is 10.0. The van der Waals surface area contributed by atoms with E-state index in [2.05, 4.69) is 34.3 Å². The van der Waals surface area contributed by atoms with Gasteiger partial charge in [0.2, 0.25) is 5.95 Å². The highest BCUT2D eigenvalue weighted by molar-refractivity contribution is 5.74. The second kappa shape index (κ2) is 5.05. The van der Waals surface area contributed by atoms with Gasteiger partial charge in [-0.25, -0.2) is 4.98 Å². The van der Waals surface area contributed by atoms with Crippen molar-refractivity contribution in [2.24, 2.45) is 11.7 Å². The average molecular weight is 231 g/mol. The van der Waals surface area contributed by atoms with E-state index >= 15 is 0 Å². The second-order valence-electron chi connectivity index (χ2n) is 4.27. The van der Waals surface area contributed by atoms with E-state index < -0.39 is 0 Å². The van der Waals surface area contributed by atoms with E-state index in [0.29, 0.717) is 18.4 Å². The topological polar surface area (TPSA) is 76.7 Å². The molecule has 0 spiro atoms. The van der Waals surface area contributed by atoms with Crippen molar-refractivity contribution in [2.45, 2.75) is 19.9 Å². The molecule has 1 aromatic carbocycles. The van der Waals surface area contributed by atoms with E-state index in [4.69, 9.17) is 5.73 Å². The number of anilines is 1. The molecule has 1 heterocycles. The van der Waals surface area contributed by atoms with Crippen LogP contribution in [0.2, 0.25) is 0 Å². The Hall–Kier alpha value is -1.75. The molecule has 0 fully saturated rings. The zero-order chi connectivity index (χ0) is 12.3. The first-order chi connectivity index (χ1) is 8.20. The molecule has 5 heteroatoms. The van der Waals surface area contributed by atoms with E-state index in [1.165, 1.54) is 0 Å². The summed E-state index contributed by atoms with van der Waals surface area (Å²) < 4.78 is 0. The lowest BCUT2D eigenvalue weighted by Gasteiger charge is -2.19. The first kappa shape index (κ1) is 11.7. The predicted molar refractivity (Wildman–Crippen MR) is 68.6 cm³/mol. The number of nitrogens with zero attached hydrogens (tertiary/aromatic N) is 3. The second-order valence-corrected chi connectivity index (χ2v) is 4.27. The Morgan fingerprint density at radius 1 is 1.18 bits per heavy atom. The highest BCUT2D eigenvalue weighted by atomic mass is 15.2. The lowest BCUT2D eigenvalue weighted by Crippen LogP contribution is -2.30. The summed E-state index contributed by atoms with van der Waals surface area (Å²) in [6.45, 7) is 4.79. The first-order valence-corrected chi connectivity index (χ1v) is 5.76. The van der Waals surface area contributed by atoms with E-state index in [1.807, 2.05) is 24.3 Å². The number of aromatic nitrogens is 3. The van der Waals surface area contributed by atoms with Crippen LogP contribution in [0.5, 0.6) is 0 Å². The molecule has 0 aliphatic carbocycles. The molecule has 5 nitrogen and oxygen atoms in total. The largest absolute Gasteiger partial charge is 0.350 e. The number of hydrogen-bond donors (Lipinski definition) is 2. The third-order valence-corrected chi connectivity index (χ3v) is 2.94. The van der Waals surface area contributed by atoms with Crippen LogP contribution in [0.25, 0.3) is 11.0 Å². The van der Waals surface area contributed by atoms with Crippen molar-refractivity contribution in [3.63, 3.8) is 0 Å². The van der Waals surface area contributed by atoms with Gasteiger partial charge in [0.05, 0.1) is 5.52 Å². The summed E-state index contributed by atoms with van der Waals surface area (Å²) in [7, 11) is 0. The highest BCUT2D eigenvalue weighted by Gasteiger charge is 2.11. The van der Waals surface area contributed by atoms with Crippen LogP contribution in [0, 0.1) is 5.92 Å². The van der Waals surface area contributed by atoms with Crippen molar-refractivity contribution in [1.29, 1.82) is 0 Å². The molecule has 3 N–H and O–H groups in total. The average Bonchev–Trinajstić information content (AvgIpc) is 2.37. The summed E-state index contributed by atoms with van der Waals surface area (Å²) in [4.78, 5) is 4.41. The summed E-state index contributed by atoms with van der Waals surface area (Å²) in [5, 5.41) is 11.4. The van der Waals surface area contributed by atoms with Gasteiger partial charge in [0.1, 0.15) is 5.52 Å². The summed E-state index contributed by atoms with van der Waals surface area (Å²) in [5.41, 5.74) is 7.27. The Morgan fingerprint density at radius 3 is 2.59 bits per heavy atom. The molecule has 0 amide bonds. The Kier molecular flexibility index (Phi) is 3.49. The molecule has 2 atom stereocenters. The van der Waals surface area contributed by atoms with E-state index in [9.17, 15) is 0 Å². The summed E-state index contributed by atoms with van der Waals surface area (Å²) in [6, 6.07) is 7.90. The number of fused-ring (bicyclic) bond motifs is 1. The third kappa shape index (κ3) is 2.68. The maximum absolute atomic E-state index is 5.62. The summed E-state index contributed by atoms with van der Waals surface area (Å²) >= 11 is 0. The number of benzene rings is 1. The molecule has 2 rings (SSSR count). The third-order valence-electron chi connectivity index (χ3n) is 2.94. The zero-order valence-corrected chi connectivity index (χ0v) is 10.1. The van der Waals surface area contributed by atoms with Crippen molar-refractivity contribution in [3.05, 3.63) is 24.3 Å². The summed E-state index contributed by atoms with van der Waals surface area (Å²) in [6.07, 6.45) is 0. The molecule has 1 aromatic heterocycles. The van der Waals surface area contributed by atoms with Gasteiger partial charge in [0.25, 0.3) is 0 Å². The van der Waals surface area contributed by atoms with Crippen molar-refractivity contribution >= 4 is 17.0 Å². The van der Waals surface area contributed by atoms with Gasteiger partial charge < -0.3 is 11.1 Å². The smallest absolute Gasteiger partial charge is 0.243 e. The Balaban J connectivity index is 2.19. The van der Waals surface area contributed by atoms with Crippen LogP contribution in [0.3, 0.4) is 0 Å². The maximum atomic E-state index is 5.62. The standard InChI is InChI=1S/C12H17N5/c1-8(7-13)9(2)14-12-15-10-5-3-4-6-11(10)16-17-12/h3-6,8-9H,7,13H2,1-2H3,(H,14,15,17). The van der Waals surface area contributed by atoms with Crippen LogP contribution in [-0.2, 0) is 0 Å². The molecule has 0 radical (unpaired) electrons. The van der Waals surface area contributed by atoms with Gasteiger partial charge in [0, 0.05) is 6.04 Å². The van der Waals surface area contributed by atoms with Gasteiger partial charge >= 0.3 is 0 Å². The molecule has 2 unspecified atom stereocenters. The van der Waals surface area contributed by atoms with Crippen LogP contribution in [-0.4, -0.2) is 27.8 Å². The van der Waals surface area contributed by atoms with Gasteiger partial charge in [-0.05, 0) is 31.5 Å². The fourth-order valence-corrected chi connectivity index (χ4v) is 1.49.